The molecule has 0 N–H and O–H groups in total. The Morgan fingerprint density at radius 1 is 0.354 bits per heavy atom. The molecule has 9 rings (SSSR count). The van der Waals surface area contributed by atoms with Gasteiger partial charge in [-0.25, -0.2) is 0 Å². The molecule has 2 heterocycles. The number of benzene rings is 7. The Kier molecular flexibility index (Phi) is 6.76. The molecule has 0 radical (unpaired) electrons. The maximum absolute atomic E-state index is 2.57. The molecular formula is C45H35B2N. The van der Waals surface area contributed by atoms with Crippen LogP contribution in [0.3, 0.4) is 0 Å². The molecule has 0 bridgehead atoms. The molecule has 7 aromatic carbocycles. The van der Waals surface area contributed by atoms with Gasteiger partial charge in [0.05, 0.1) is 0 Å². The van der Waals surface area contributed by atoms with Gasteiger partial charge in [0.1, 0.15) is 0 Å². The van der Waals surface area contributed by atoms with Crippen LogP contribution in [0.2, 0.25) is 0 Å². The van der Waals surface area contributed by atoms with Crippen LogP contribution < -0.4 is 37.7 Å². The van der Waals surface area contributed by atoms with Gasteiger partial charge in [-0.1, -0.05) is 173 Å². The molecule has 0 unspecified atom stereocenters. The van der Waals surface area contributed by atoms with Crippen LogP contribution >= 0.6 is 0 Å². The lowest BCUT2D eigenvalue weighted by molar-refractivity contribution is 1.28. The lowest BCUT2D eigenvalue weighted by Crippen LogP contribution is -2.65. The summed E-state index contributed by atoms with van der Waals surface area (Å²) in [6.45, 7) is 6.93. The molecule has 0 spiro atoms. The van der Waals surface area contributed by atoms with Crippen LogP contribution in [0, 0.1) is 20.8 Å². The first-order valence-corrected chi connectivity index (χ1v) is 17.0. The van der Waals surface area contributed by atoms with E-state index in [9.17, 15) is 0 Å². The van der Waals surface area contributed by atoms with Gasteiger partial charge in [0, 0.05) is 17.1 Å². The Bertz CT molecular complexity index is 2180. The van der Waals surface area contributed by atoms with Crippen molar-refractivity contribution in [3.63, 3.8) is 0 Å². The van der Waals surface area contributed by atoms with E-state index >= 15 is 0 Å². The second kappa shape index (κ2) is 11.3. The number of fused-ring (bicyclic) bond motifs is 4. The average molecular weight is 611 g/mol. The molecule has 7 aromatic rings. The lowest BCUT2D eigenvalue weighted by atomic mass is 9.30. The largest absolute Gasteiger partial charge is 0.313 e. The van der Waals surface area contributed by atoms with Gasteiger partial charge in [0.25, 0.3) is 0 Å². The van der Waals surface area contributed by atoms with Crippen molar-refractivity contribution in [2.45, 2.75) is 20.8 Å². The summed E-state index contributed by atoms with van der Waals surface area (Å²) < 4.78 is 0. The van der Waals surface area contributed by atoms with Gasteiger partial charge in [0.2, 0.25) is 13.4 Å². The highest BCUT2D eigenvalue weighted by molar-refractivity contribution is 7.02. The Labute approximate surface area is 284 Å². The van der Waals surface area contributed by atoms with Crippen LogP contribution in [0.5, 0.6) is 0 Å². The molecule has 0 atom stereocenters. The summed E-state index contributed by atoms with van der Waals surface area (Å²) in [6, 6.07) is 59.0. The van der Waals surface area contributed by atoms with E-state index in [0.717, 1.165) is 0 Å². The van der Waals surface area contributed by atoms with E-state index in [2.05, 4.69) is 183 Å². The van der Waals surface area contributed by atoms with Crippen LogP contribution in [0.15, 0.2) is 158 Å². The zero-order valence-electron chi connectivity index (χ0n) is 27.6. The third kappa shape index (κ3) is 4.65. The van der Waals surface area contributed by atoms with E-state index in [4.69, 9.17) is 0 Å². The molecule has 1 nitrogen and oxygen atoms in total. The van der Waals surface area contributed by atoms with Gasteiger partial charge in [0.15, 0.2) is 0 Å². The van der Waals surface area contributed by atoms with Crippen molar-refractivity contribution in [2.75, 3.05) is 4.90 Å². The van der Waals surface area contributed by atoms with Gasteiger partial charge in [-0.3, -0.25) is 0 Å². The molecule has 0 amide bonds. The van der Waals surface area contributed by atoms with Gasteiger partial charge >= 0.3 is 0 Å². The van der Waals surface area contributed by atoms with Crippen LogP contribution in [0.4, 0.5) is 17.1 Å². The summed E-state index contributed by atoms with van der Waals surface area (Å²) in [5, 5.41) is 0. The van der Waals surface area contributed by atoms with Crippen LogP contribution in [0.1, 0.15) is 16.7 Å². The lowest BCUT2D eigenvalue weighted by Gasteiger charge is -2.44. The minimum Gasteiger partial charge on any atom is -0.313 e. The van der Waals surface area contributed by atoms with Gasteiger partial charge < -0.3 is 4.90 Å². The van der Waals surface area contributed by atoms with E-state index in [1.165, 1.54) is 88.8 Å². The molecule has 3 heteroatoms. The molecule has 0 saturated carbocycles. The van der Waals surface area contributed by atoms with E-state index in [0.29, 0.717) is 0 Å². The standard InChI is InChI=1S/C45H35B2N/c1-30-20-22-43-39(24-30)46(37-18-10-16-35(28-37)33-12-6-4-7-13-33)41-26-32(3)27-42-45(41)48(43)44-23-21-31(2)25-40(44)47(42)38-19-11-17-36(29-38)34-14-8-5-9-15-34/h4-29H,1-3H3. The number of aryl methyl sites for hydroxylation is 3. The van der Waals surface area contributed by atoms with Crippen LogP contribution in [-0.2, 0) is 0 Å². The fourth-order valence-electron chi connectivity index (χ4n) is 8.23. The Balaban J connectivity index is 1.32. The molecule has 0 fully saturated rings. The minimum absolute atomic E-state index is 0.108. The summed E-state index contributed by atoms with van der Waals surface area (Å²) >= 11 is 0. The Morgan fingerprint density at radius 2 is 0.771 bits per heavy atom. The van der Waals surface area contributed by atoms with E-state index in [-0.39, 0.29) is 13.4 Å². The molecule has 48 heavy (non-hydrogen) atoms. The zero-order valence-corrected chi connectivity index (χ0v) is 27.6. The summed E-state index contributed by atoms with van der Waals surface area (Å²) in [5.41, 5.74) is 20.9. The topological polar surface area (TPSA) is 3.24 Å². The summed E-state index contributed by atoms with van der Waals surface area (Å²) in [6.07, 6.45) is 0. The van der Waals surface area contributed by atoms with Crippen LogP contribution in [0.25, 0.3) is 22.3 Å². The van der Waals surface area contributed by atoms with E-state index in [1.807, 2.05) is 0 Å². The molecule has 0 saturated heterocycles. The Morgan fingerprint density at radius 3 is 1.23 bits per heavy atom. The van der Waals surface area contributed by atoms with E-state index < -0.39 is 0 Å². The fourth-order valence-corrected chi connectivity index (χ4v) is 8.23. The summed E-state index contributed by atoms with van der Waals surface area (Å²) in [4.78, 5) is 2.57. The maximum atomic E-state index is 2.57. The highest BCUT2D eigenvalue weighted by atomic mass is 15.2. The zero-order chi connectivity index (χ0) is 32.4. The summed E-state index contributed by atoms with van der Waals surface area (Å²) in [7, 11) is 0. The number of hydrogen-bond acceptors (Lipinski definition) is 1. The third-order valence-corrected chi connectivity index (χ3v) is 10.3. The van der Waals surface area contributed by atoms with Crippen LogP contribution in [-0.4, -0.2) is 13.4 Å². The summed E-state index contributed by atoms with van der Waals surface area (Å²) in [5.74, 6) is 0. The fraction of sp³-hybridized carbons (Fsp3) is 0.0667. The SMILES string of the molecule is Cc1ccc2c(c1)B(c1cccc(-c3ccccc3)c1)c1cc(C)cc3c1N2c1ccc(C)cc1B3c1cccc(-c2ccccc2)c1. The second-order valence-electron chi connectivity index (χ2n) is 13.6. The molecular weight excluding hydrogens is 576 g/mol. The second-order valence-corrected chi connectivity index (χ2v) is 13.6. The Hall–Kier alpha value is -5.53. The first kappa shape index (κ1) is 28.7. The number of rotatable bonds is 4. The van der Waals surface area contributed by atoms with Crippen molar-refractivity contribution < 1.29 is 0 Å². The highest BCUT2D eigenvalue weighted by Gasteiger charge is 2.43. The molecule has 0 aliphatic carbocycles. The van der Waals surface area contributed by atoms with Gasteiger partial charge in [-0.15, -0.1) is 0 Å². The van der Waals surface area contributed by atoms with Gasteiger partial charge in [-0.05, 0) is 77.0 Å². The maximum Gasteiger partial charge on any atom is 0.246 e. The first-order chi connectivity index (χ1) is 23.5. The van der Waals surface area contributed by atoms with Crippen molar-refractivity contribution in [2.24, 2.45) is 0 Å². The third-order valence-electron chi connectivity index (χ3n) is 10.3. The van der Waals surface area contributed by atoms with Gasteiger partial charge in [-0.2, -0.15) is 0 Å². The number of hydrogen-bond donors (Lipinski definition) is 0. The normalized spacial score (nSPS) is 12.8. The number of nitrogens with zero attached hydrogens (tertiary/aromatic N) is 1. The number of anilines is 3. The van der Waals surface area contributed by atoms with Crippen molar-refractivity contribution in [3.05, 3.63) is 174 Å². The molecule has 2 aliphatic rings. The monoisotopic (exact) mass is 611 g/mol. The average Bonchev–Trinajstić information content (AvgIpc) is 3.12. The minimum atomic E-state index is 0.108. The predicted octanol–water partition coefficient (Wildman–Crippen LogP) is 7.07. The predicted molar refractivity (Wildman–Crippen MR) is 208 cm³/mol. The van der Waals surface area contributed by atoms with E-state index in [1.54, 1.807) is 0 Å². The van der Waals surface area contributed by atoms with Crippen molar-refractivity contribution in [1.29, 1.82) is 0 Å². The molecule has 2 aliphatic heterocycles. The quantitative estimate of drug-likeness (QED) is 0.193. The first-order valence-electron chi connectivity index (χ1n) is 17.0. The van der Waals surface area contributed by atoms with Crippen molar-refractivity contribution in [3.8, 4) is 22.3 Å². The highest BCUT2D eigenvalue weighted by Crippen LogP contribution is 2.38. The molecule has 0 aromatic heterocycles. The molecule has 226 valence electrons. The smallest absolute Gasteiger partial charge is 0.246 e. The van der Waals surface area contributed by atoms with Crippen molar-refractivity contribution >= 4 is 63.3 Å². The van der Waals surface area contributed by atoms with Crippen molar-refractivity contribution in [1.82, 2.24) is 0 Å².